The molecular formula is C13H19NO2. The molecule has 88 valence electrons. The molecule has 1 aromatic carbocycles. The van der Waals surface area contributed by atoms with Crippen molar-refractivity contribution >= 4 is 0 Å². The lowest BCUT2D eigenvalue weighted by atomic mass is 10.1. The van der Waals surface area contributed by atoms with Crippen molar-refractivity contribution in [3.8, 4) is 0 Å². The van der Waals surface area contributed by atoms with Crippen molar-refractivity contribution < 1.29 is 9.84 Å². The van der Waals surface area contributed by atoms with Crippen LogP contribution in [0.5, 0.6) is 0 Å². The number of hydrogen-bond donors (Lipinski definition) is 1. The van der Waals surface area contributed by atoms with E-state index in [9.17, 15) is 0 Å². The van der Waals surface area contributed by atoms with E-state index in [4.69, 9.17) is 9.84 Å². The summed E-state index contributed by atoms with van der Waals surface area (Å²) in [6.45, 7) is 5.01. The van der Waals surface area contributed by atoms with Crippen LogP contribution in [0.4, 0.5) is 0 Å². The van der Waals surface area contributed by atoms with Crippen molar-refractivity contribution in [1.29, 1.82) is 0 Å². The Morgan fingerprint density at radius 3 is 2.69 bits per heavy atom. The minimum Gasteiger partial charge on any atom is -0.392 e. The molecule has 16 heavy (non-hydrogen) atoms. The van der Waals surface area contributed by atoms with Crippen LogP contribution in [0.3, 0.4) is 0 Å². The topological polar surface area (TPSA) is 32.7 Å². The Labute approximate surface area is 96.6 Å². The molecule has 0 aliphatic carbocycles. The number of hydrogen-bond acceptors (Lipinski definition) is 3. The van der Waals surface area contributed by atoms with Gasteiger partial charge in [0, 0.05) is 19.6 Å². The molecule has 1 heterocycles. The highest BCUT2D eigenvalue weighted by Gasteiger charge is 2.09. The Balaban J connectivity index is 1.83. The van der Waals surface area contributed by atoms with Crippen molar-refractivity contribution in [2.24, 2.45) is 0 Å². The standard InChI is InChI=1S/C13H19NO2/c15-11-13-3-1-2-12(10-13)4-5-14-6-8-16-9-7-14/h1-3,10,15H,4-9,11H2. The van der Waals surface area contributed by atoms with Gasteiger partial charge in [0.15, 0.2) is 0 Å². The molecule has 1 fully saturated rings. The zero-order chi connectivity index (χ0) is 11.2. The van der Waals surface area contributed by atoms with Gasteiger partial charge in [-0.25, -0.2) is 0 Å². The second-order valence-electron chi connectivity index (χ2n) is 4.18. The zero-order valence-electron chi connectivity index (χ0n) is 9.56. The average molecular weight is 221 g/mol. The summed E-state index contributed by atoms with van der Waals surface area (Å²) < 4.78 is 5.31. The maximum Gasteiger partial charge on any atom is 0.0681 e. The first-order chi connectivity index (χ1) is 7.88. The maximum atomic E-state index is 9.05. The summed E-state index contributed by atoms with van der Waals surface area (Å²) in [4.78, 5) is 2.43. The minimum atomic E-state index is 0.130. The van der Waals surface area contributed by atoms with E-state index in [1.165, 1.54) is 5.56 Å². The molecule has 0 bridgehead atoms. The molecule has 0 unspecified atom stereocenters. The van der Waals surface area contributed by atoms with E-state index in [2.05, 4.69) is 17.0 Å². The lowest BCUT2D eigenvalue weighted by Crippen LogP contribution is -2.37. The molecule has 1 aromatic rings. The second kappa shape index (κ2) is 5.99. The molecule has 2 rings (SSSR count). The molecular weight excluding hydrogens is 202 g/mol. The van der Waals surface area contributed by atoms with E-state index in [-0.39, 0.29) is 6.61 Å². The van der Waals surface area contributed by atoms with Gasteiger partial charge in [-0.1, -0.05) is 24.3 Å². The molecule has 0 spiro atoms. The van der Waals surface area contributed by atoms with Gasteiger partial charge in [0.1, 0.15) is 0 Å². The van der Waals surface area contributed by atoms with Gasteiger partial charge in [0.2, 0.25) is 0 Å². The third-order valence-corrected chi connectivity index (χ3v) is 2.99. The molecule has 1 N–H and O–H groups in total. The highest BCUT2D eigenvalue weighted by molar-refractivity contribution is 5.23. The summed E-state index contributed by atoms with van der Waals surface area (Å²) in [6.07, 6.45) is 1.05. The summed E-state index contributed by atoms with van der Waals surface area (Å²) in [6, 6.07) is 8.18. The van der Waals surface area contributed by atoms with Crippen molar-refractivity contribution in [2.45, 2.75) is 13.0 Å². The normalized spacial score (nSPS) is 17.6. The summed E-state index contributed by atoms with van der Waals surface area (Å²) in [7, 11) is 0. The molecule has 1 aliphatic heterocycles. The fourth-order valence-electron chi connectivity index (χ4n) is 2.00. The van der Waals surface area contributed by atoms with Crippen LogP contribution in [-0.4, -0.2) is 42.9 Å². The zero-order valence-corrected chi connectivity index (χ0v) is 9.56. The molecule has 0 aromatic heterocycles. The Bertz CT molecular complexity index is 321. The van der Waals surface area contributed by atoms with Gasteiger partial charge >= 0.3 is 0 Å². The summed E-state index contributed by atoms with van der Waals surface area (Å²) >= 11 is 0. The van der Waals surface area contributed by atoms with Gasteiger partial charge in [-0.15, -0.1) is 0 Å². The Morgan fingerprint density at radius 1 is 1.19 bits per heavy atom. The predicted molar refractivity (Wildman–Crippen MR) is 63.3 cm³/mol. The number of benzene rings is 1. The van der Waals surface area contributed by atoms with Crippen LogP contribution in [0.15, 0.2) is 24.3 Å². The third kappa shape index (κ3) is 3.30. The van der Waals surface area contributed by atoms with Gasteiger partial charge in [0.25, 0.3) is 0 Å². The van der Waals surface area contributed by atoms with Gasteiger partial charge in [0.05, 0.1) is 19.8 Å². The largest absolute Gasteiger partial charge is 0.392 e. The molecule has 1 aliphatic rings. The quantitative estimate of drug-likeness (QED) is 0.825. The van der Waals surface area contributed by atoms with Crippen LogP contribution in [0.25, 0.3) is 0 Å². The van der Waals surface area contributed by atoms with Gasteiger partial charge in [-0.05, 0) is 17.5 Å². The Morgan fingerprint density at radius 2 is 1.94 bits per heavy atom. The number of aliphatic hydroxyl groups is 1. The molecule has 0 radical (unpaired) electrons. The molecule has 0 saturated carbocycles. The monoisotopic (exact) mass is 221 g/mol. The van der Waals surface area contributed by atoms with E-state index >= 15 is 0 Å². The lowest BCUT2D eigenvalue weighted by molar-refractivity contribution is 0.0384. The predicted octanol–water partition coefficient (Wildman–Crippen LogP) is 1.05. The highest BCUT2D eigenvalue weighted by atomic mass is 16.5. The molecule has 1 saturated heterocycles. The van der Waals surface area contributed by atoms with Crippen molar-refractivity contribution in [1.82, 2.24) is 4.90 Å². The van der Waals surface area contributed by atoms with Gasteiger partial charge < -0.3 is 9.84 Å². The fraction of sp³-hybridized carbons (Fsp3) is 0.538. The maximum absolute atomic E-state index is 9.05. The van der Waals surface area contributed by atoms with Crippen LogP contribution in [0, 0.1) is 0 Å². The SMILES string of the molecule is OCc1cccc(CCN2CCOCC2)c1. The number of aliphatic hydroxyl groups excluding tert-OH is 1. The van der Waals surface area contributed by atoms with Gasteiger partial charge in [-0.3, -0.25) is 4.90 Å². The van der Waals surface area contributed by atoms with E-state index in [1.54, 1.807) is 0 Å². The molecule has 0 amide bonds. The lowest BCUT2D eigenvalue weighted by Gasteiger charge is -2.26. The van der Waals surface area contributed by atoms with Crippen LogP contribution < -0.4 is 0 Å². The van der Waals surface area contributed by atoms with Crippen LogP contribution in [0.2, 0.25) is 0 Å². The van der Waals surface area contributed by atoms with E-state index in [0.717, 1.165) is 44.8 Å². The number of nitrogens with zero attached hydrogens (tertiary/aromatic N) is 1. The van der Waals surface area contributed by atoms with E-state index in [1.807, 2.05) is 12.1 Å². The van der Waals surface area contributed by atoms with E-state index < -0.39 is 0 Å². The second-order valence-corrected chi connectivity index (χ2v) is 4.18. The van der Waals surface area contributed by atoms with E-state index in [0.29, 0.717) is 0 Å². The first-order valence-electron chi connectivity index (χ1n) is 5.87. The summed E-state index contributed by atoms with van der Waals surface area (Å²) in [5.74, 6) is 0. The average Bonchev–Trinajstić information content (AvgIpc) is 2.38. The van der Waals surface area contributed by atoms with Crippen LogP contribution in [-0.2, 0) is 17.8 Å². The number of rotatable bonds is 4. The molecule has 3 nitrogen and oxygen atoms in total. The first-order valence-corrected chi connectivity index (χ1v) is 5.87. The number of morpholine rings is 1. The van der Waals surface area contributed by atoms with Crippen molar-refractivity contribution in [2.75, 3.05) is 32.8 Å². The molecule has 3 heteroatoms. The summed E-state index contributed by atoms with van der Waals surface area (Å²) in [5.41, 5.74) is 2.30. The fourth-order valence-corrected chi connectivity index (χ4v) is 2.00. The minimum absolute atomic E-state index is 0.130. The highest BCUT2D eigenvalue weighted by Crippen LogP contribution is 2.07. The van der Waals surface area contributed by atoms with Crippen molar-refractivity contribution in [3.63, 3.8) is 0 Å². The molecule has 0 atom stereocenters. The Hall–Kier alpha value is -0.900. The number of ether oxygens (including phenoxy) is 1. The van der Waals surface area contributed by atoms with Gasteiger partial charge in [-0.2, -0.15) is 0 Å². The van der Waals surface area contributed by atoms with Crippen LogP contribution >= 0.6 is 0 Å². The Kier molecular flexibility index (Phi) is 4.34. The van der Waals surface area contributed by atoms with Crippen molar-refractivity contribution in [3.05, 3.63) is 35.4 Å². The third-order valence-electron chi connectivity index (χ3n) is 2.99. The van der Waals surface area contributed by atoms with Crippen LogP contribution in [0.1, 0.15) is 11.1 Å². The summed E-state index contributed by atoms with van der Waals surface area (Å²) in [5, 5.41) is 9.05. The first kappa shape index (κ1) is 11.6. The smallest absolute Gasteiger partial charge is 0.0681 e.